The maximum absolute atomic E-state index is 12.6. The van der Waals surface area contributed by atoms with E-state index in [1.807, 2.05) is 30.3 Å². The third-order valence-corrected chi connectivity index (χ3v) is 4.86. The molecule has 0 saturated carbocycles. The van der Waals surface area contributed by atoms with Gasteiger partial charge >= 0.3 is 17.8 Å². The minimum Gasteiger partial charge on any atom is -0.283 e. The monoisotopic (exact) mass is 329 g/mol. The second-order valence-electron chi connectivity index (χ2n) is 6.40. The number of rotatable bonds is 5. The normalized spacial score (nSPS) is 22.5. The fourth-order valence-electron chi connectivity index (χ4n) is 3.47. The van der Waals surface area contributed by atoms with Crippen LogP contribution in [0.2, 0.25) is 0 Å². The molecule has 2 fully saturated rings. The smallest absolute Gasteiger partial charge is 0.283 e. The molecule has 4 amide bonds. The highest BCUT2D eigenvalue weighted by Gasteiger charge is 2.45. The van der Waals surface area contributed by atoms with Gasteiger partial charge in [-0.3, -0.25) is 19.4 Å². The Morgan fingerprint density at radius 2 is 1.71 bits per heavy atom. The number of urea groups is 1. The number of likely N-dealkylation sites (tertiary alicyclic amines) is 1. The van der Waals surface area contributed by atoms with Crippen molar-refractivity contribution >= 4 is 17.8 Å². The molecule has 0 aliphatic carbocycles. The largest absolute Gasteiger partial charge is 0.335 e. The van der Waals surface area contributed by atoms with Crippen molar-refractivity contribution in [2.45, 2.75) is 45.2 Å². The summed E-state index contributed by atoms with van der Waals surface area (Å²) in [7, 11) is 0. The third kappa shape index (κ3) is 3.19. The van der Waals surface area contributed by atoms with Gasteiger partial charge in [0.05, 0.1) is 13.2 Å². The van der Waals surface area contributed by atoms with Gasteiger partial charge in [0.25, 0.3) is 0 Å². The minimum atomic E-state index is -0.728. The highest BCUT2D eigenvalue weighted by molar-refractivity contribution is 6.44. The molecule has 24 heavy (non-hydrogen) atoms. The van der Waals surface area contributed by atoms with Gasteiger partial charge in [-0.15, -0.1) is 0 Å². The van der Waals surface area contributed by atoms with Gasteiger partial charge in [-0.1, -0.05) is 43.7 Å². The second kappa shape index (κ2) is 7.13. The molecular formula is C18H23N3O3. The van der Waals surface area contributed by atoms with Crippen LogP contribution in [0.25, 0.3) is 0 Å². The molecular weight excluding hydrogens is 306 g/mol. The molecule has 0 aromatic heterocycles. The molecule has 2 saturated heterocycles. The molecule has 2 aliphatic heterocycles. The molecule has 3 rings (SSSR count). The average Bonchev–Trinajstić information content (AvgIpc) is 2.81. The molecule has 0 radical (unpaired) electrons. The maximum atomic E-state index is 12.6. The number of carbonyl (C=O) groups excluding carboxylic acids is 3. The molecule has 1 aromatic carbocycles. The molecule has 128 valence electrons. The first-order valence-corrected chi connectivity index (χ1v) is 8.57. The van der Waals surface area contributed by atoms with Crippen LogP contribution in [0.5, 0.6) is 0 Å². The highest BCUT2D eigenvalue weighted by atomic mass is 16.2. The number of amides is 4. The predicted molar refractivity (Wildman–Crippen MR) is 88.7 cm³/mol. The van der Waals surface area contributed by atoms with Crippen LogP contribution >= 0.6 is 0 Å². The van der Waals surface area contributed by atoms with Gasteiger partial charge in [-0.25, -0.2) is 9.69 Å². The Balaban J connectivity index is 1.71. The fourth-order valence-corrected chi connectivity index (χ4v) is 3.47. The highest BCUT2D eigenvalue weighted by Crippen LogP contribution is 2.22. The van der Waals surface area contributed by atoms with Crippen LogP contribution in [-0.2, 0) is 16.1 Å². The predicted octanol–water partition coefficient (Wildman–Crippen LogP) is 2.20. The van der Waals surface area contributed by atoms with Crippen molar-refractivity contribution in [2.24, 2.45) is 0 Å². The topological polar surface area (TPSA) is 60.9 Å². The van der Waals surface area contributed by atoms with E-state index < -0.39 is 17.8 Å². The van der Waals surface area contributed by atoms with E-state index >= 15 is 0 Å². The van der Waals surface area contributed by atoms with Gasteiger partial charge in [0.1, 0.15) is 0 Å². The van der Waals surface area contributed by atoms with Crippen LogP contribution in [0.1, 0.15) is 38.2 Å². The van der Waals surface area contributed by atoms with Crippen LogP contribution < -0.4 is 0 Å². The number of hydrogen-bond acceptors (Lipinski definition) is 4. The number of carbonyl (C=O) groups is 3. The number of imide groups is 2. The van der Waals surface area contributed by atoms with Crippen LogP contribution in [-0.4, -0.2) is 51.8 Å². The molecule has 1 atom stereocenters. The van der Waals surface area contributed by atoms with Crippen molar-refractivity contribution in [1.82, 2.24) is 14.7 Å². The summed E-state index contributed by atoms with van der Waals surface area (Å²) in [5.41, 5.74) is 0.832. The van der Waals surface area contributed by atoms with E-state index in [2.05, 4.69) is 11.8 Å². The zero-order valence-corrected chi connectivity index (χ0v) is 14.0. The van der Waals surface area contributed by atoms with Gasteiger partial charge in [-0.2, -0.15) is 0 Å². The van der Waals surface area contributed by atoms with E-state index in [9.17, 15) is 14.4 Å². The van der Waals surface area contributed by atoms with E-state index in [4.69, 9.17) is 0 Å². The molecule has 2 heterocycles. The van der Waals surface area contributed by atoms with Crippen molar-refractivity contribution in [1.29, 1.82) is 0 Å². The Hall–Kier alpha value is -2.21. The molecule has 0 bridgehead atoms. The summed E-state index contributed by atoms with van der Waals surface area (Å²) >= 11 is 0. The van der Waals surface area contributed by atoms with Gasteiger partial charge < -0.3 is 0 Å². The standard InChI is InChI=1S/C18H23N3O3/c1-2-15-10-6-7-11-19(15)13-21-17(23)16(22)20(18(21)24)12-14-8-4-3-5-9-14/h3-5,8-9,15H,2,6-7,10-13H2,1H3/t15-/m0/s1. The summed E-state index contributed by atoms with van der Waals surface area (Å²) in [4.78, 5) is 41.4. The molecule has 2 aliphatic rings. The molecule has 0 spiro atoms. The minimum absolute atomic E-state index is 0.137. The van der Waals surface area contributed by atoms with Crippen molar-refractivity contribution in [2.75, 3.05) is 13.2 Å². The summed E-state index contributed by atoms with van der Waals surface area (Å²) in [5, 5.41) is 0. The van der Waals surface area contributed by atoms with Gasteiger partial charge in [0.2, 0.25) is 0 Å². The second-order valence-corrected chi connectivity index (χ2v) is 6.40. The van der Waals surface area contributed by atoms with E-state index in [0.717, 1.165) is 41.2 Å². The summed E-state index contributed by atoms with van der Waals surface area (Å²) in [6.07, 6.45) is 4.30. The Morgan fingerprint density at radius 1 is 1.00 bits per heavy atom. The Bertz CT molecular complexity index is 632. The first-order valence-electron chi connectivity index (χ1n) is 8.57. The number of benzene rings is 1. The lowest BCUT2D eigenvalue weighted by atomic mass is 10.0. The van der Waals surface area contributed by atoms with Gasteiger partial charge in [-0.05, 0) is 24.8 Å². The molecule has 0 N–H and O–H groups in total. The van der Waals surface area contributed by atoms with E-state index in [0.29, 0.717) is 6.04 Å². The number of piperidine rings is 1. The van der Waals surface area contributed by atoms with Crippen molar-refractivity contribution in [3.05, 3.63) is 35.9 Å². The lowest BCUT2D eigenvalue weighted by molar-refractivity contribution is -0.144. The maximum Gasteiger partial charge on any atom is 0.335 e. The summed E-state index contributed by atoms with van der Waals surface area (Å²) in [5.74, 6) is -1.44. The quantitative estimate of drug-likeness (QED) is 0.614. The van der Waals surface area contributed by atoms with Crippen LogP contribution in [0.3, 0.4) is 0 Å². The van der Waals surface area contributed by atoms with Crippen molar-refractivity contribution in [3.8, 4) is 0 Å². The molecule has 1 aromatic rings. The Kier molecular flexibility index (Phi) is 4.94. The average molecular weight is 329 g/mol. The number of hydrogen-bond donors (Lipinski definition) is 0. The lowest BCUT2D eigenvalue weighted by Crippen LogP contribution is -2.48. The summed E-state index contributed by atoms with van der Waals surface area (Å²) in [6.45, 7) is 3.33. The van der Waals surface area contributed by atoms with E-state index in [-0.39, 0.29) is 13.2 Å². The SMILES string of the molecule is CC[C@H]1CCCCN1CN1C(=O)C(=O)N(Cc2ccccc2)C1=O. The van der Waals surface area contributed by atoms with Gasteiger partial charge in [0, 0.05) is 12.6 Å². The molecule has 6 heteroatoms. The Labute approximate surface area is 142 Å². The number of nitrogens with zero attached hydrogens (tertiary/aromatic N) is 3. The summed E-state index contributed by atoms with van der Waals surface area (Å²) < 4.78 is 0. The lowest BCUT2D eigenvalue weighted by Gasteiger charge is -2.36. The zero-order chi connectivity index (χ0) is 17.1. The fraction of sp³-hybridized carbons (Fsp3) is 0.500. The van der Waals surface area contributed by atoms with E-state index in [1.165, 1.54) is 6.42 Å². The molecule has 0 unspecified atom stereocenters. The van der Waals surface area contributed by atoms with Crippen LogP contribution in [0, 0.1) is 0 Å². The molecule has 6 nitrogen and oxygen atoms in total. The first-order chi connectivity index (χ1) is 11.6. The van der Waals surface area contributed by atoms with Crippen molar-refractivity contribution < 1.29 is 14.4 Å². The Morgan fingerprint density at radius 3 is 2.42 bits per heavy atom. The van der Waals surface area contributed by atoms with Gasteiger partial charge in [0.15, 0.2) is 0 Å². The van der Waals surface area contributed by atoms with Crippen LogP contribution in [0.4, 0.5) is 4.79 Å². The zero-order valence-electron chi connectivity index (χ0n) is 14.0. The first kappa shape index (κ1) is 16.6. The summed E-state index contributed by atoms with van der Waals surface area (Å²) in [6, 6.07) is 9.11. The van der Waals surface area contributed by atoms with E-state index in [1.54, 1.807) is 0 Å². The third-order valence-electron chi connectivity index (χ3n) is 4.86. The van der Waals surface area contributed by atoms with Crippen molar-refractivity contribution in [3.63, 3.8) is 0 Å². The van der Waals surface area contributed by atoms with Crippen LogP contribution in [0.15, 0.2) is 30.3 Å².